The molecule has 2 aromatic carbocycles. The maximum Gasteiger partial charge on any atom is 0.347 e. The van der Waals surface area contributed by atoms with Crippen molar-refractivity contribution in [1.82, 2.24) is 4.98 Å². The van der Waals surface area contributed by atoms with Gasteiger partial charge >= 0.3 is 5.97 Å². The zero-order chi connectivity index (χ0) is 15.0. The first-order chi connectivity index (χ1) is 10.1. The van der Waals surface area contributed by atoms with E-state index < -0.39 is 5.97 Å². The molecule has 0 aliphatic carbocycles. The van der Waals surface area contributed by atoms with E-state index in [-0.39, 0.29) is 4.88 Å². The Kier molecular flexibility index (Phi) is 3.16. The summed E-state index contributed by atoms with van der Waals surface area (Å²) in [5.74, 6) is -0.974. The summed E-state index contributed by atoms with van der Waals surface area (Å²) in [5.41, 5.74) is 1.83. The largest absolute Gasteiger partial charge is 0.477 e. The van der Waals surface area contributed by atoms with Gasteiger partial charge in [-0.3, -0.25) is 0 Å². The van der Waals surface area contributed by atoms with Gasteiger partial charge in [0, 0.05) is 5.56 Å². The maximum absolute atomic E-state index is 11.1. The van der Waals surface area contributed by atoms with Crippen LogP contribution in [0.25, 0.3) is 21.3 Å². The lowest BCUT2D eigenvalue weighted by Crippen LogP contribution is -1.94. The normalized spacial score (nSPS) is 10.5. The van der Waals surface area contributed by atoms with E-state index in [1.54, 1.807) is 13.0 Å². The predicted molar refractivity (Wildman–Crippen MR) is 81.5 cm³/mol. The lowest BCUT2D eigenvalue weighted by Gasteiger charge is -2.03. The highest BCUT2D eigenvalue weighted by Gasteiger charge is 2.16. The van der Waals surface area contributed by atoms with Gasteiger partial charge in [-0.2, -0.15) is 5.26 Å². The summed E-state index contributed by atoms with van der Waals surface area (Å²) in [6, 6.07) is 13.5. The van der Waals surface area contributed by atoms with Gasteiger partial charge in [0.05, 0.1) is 17.3 Å². The average molecular weight is 294 g/mol. The number of nitriles is 1. The van der Waals surface area contributed by atoms with Gasteiger partial charge < -0.3 is 5.11 Å². The molecule has 0 unspecified atom stereocenters. The minimum Gasteiger partial charge on any atom is -0.477 e. The van der Waals surface area contributed by atoms with Crippen molar-refractivity contribution in [3.63, 3.8) is 0 Å². The fourth-order valence-electron chi connectivity index (χ4n) is 2.24. The summed E-state index contributed by atoms with van der Waals surface area (Å²) < 4.78 is 0. The number of thiazole rings is 1. The number of nitrogens with zero attached hydrogens (tertiary/aromatic N) is 2. The number of rotatable bonds is 2. The maximum atomic E-state index is 11.1. The van der Waals surface area contributed by atoms with Gasteiger partial charge in [0.15, 0.2) is 0 Å². The molecule has 0 amide bonds. The molecule has 0 aliphatic heterocycles. The second-order valence-corrected chi connectivity index (χ2v) is 5.59. The molecule has 1 heterocycles. The molecule has 0 spiro atoms. The molecule has 3 rings (SSSR count). The van der Waals surface area contributed by atoms with Crippen LogP contribution in [0.4, 0.5) is 0 Å². The van der Waals surface area contributed by atoms with Gasteiger partial charge in [-0.15, -0.1) is 11.3 Å². The number of aryl methyl sites for hydroxylation is 1. The average Bonchev–Trinajstić information content (AvgIpc) is 2.88. The Morgan fingerprint density at radius 1 is 1.33 bits per heavy atom. The van der Waals surface area contributed by atoms with E-state index in [2.05, 4.69) is 11.1 Å². The molecular weight excluding hydrogens is 284 g/mol. The molecule has 0 saturated heterocycles. The summed E-state index contributed by atoms with van der Waals surface area (Å²) in [6.45, 7) is 1.68. The minimum atomic E-state index is -0.974. The van der Waals surface area contributed by atoms with E-state index in [9.17, 15) is 10.1 Å². The molecule has 1 aromatic heterocycles. The standard InChI is InChI=1S/C16H10N2O2S/c1-9-14(16(19)20)21-15(18-9)11-6-10-4-2-3-5-13(10)12(7-11)8-17/h2-7H,1H3,(H,19,20). The zero-order valence-corrected chi connectivity index (χ0v) is 11.9. The number of benzene rings is 2. The number of aromatic nitrogens is 1. The minimum absolute atomic E-state index is 0.233. The summed E-state index contributed by atoms with van der Waals surface area (Å²) >= 11 is 1.13. The topological polar surface area (TPSA) is 74.0 Å². The fourth-order valence-corrected chi connectivity index (χ4v) is 3.14. The number of carboxylic acid groups (broad SMARTS) is 1. The van der Waals surface area contributed by atoms with E-state index in [0.717, 1.165) is 27.7 Å². The number of aromatic carboxylic acids is 1. The van der Waals surface area contributed by atoms with Crippen molar-refractivity contribution >= 4 is 28.1 Å². The van der Waals surface area contributed by atoms with E-state index in [0.29, 0.717) is 16.3 Å². The number of fused-ring (bicyclic) bond motifs is 1. The molecule has 102 valence electrons. The Morgan fingerprint density at radius 3 is 2.76 bits per heavy atom. The Balaban J connectivity index is 2.24. The predicted octanol–water partition coefficient (Wildman–Crippen LogP) is 3.84. The zero-order valence-electron chi connectivity index (χ0n) is 11.1. The van der Waals surface area contributed by atoms with Crippen LogP contribution in [0.2, 0.25) is 0 Å². The summed E-state index contributed by atoms with van der Waals surface area (Å²) in [7, 11) is 0. The van der Waals surface area contributed by atoms with Gasteiger partial charge in [0.2, 0.25) is 0 Å². The van der Waals surface area contributed by atoms with Crippen LogP contribution in [0.1, 0.15) is 20.9 Å². The highest BCUT2D eigenvalue weighted by Crippen LogP contribution is 2.31. The van der Waals surface area contributed by atoms with Gasteiger partial charge in [0.1, 0.15) is 9.88 Å². The first kappa shape index (κ1) is 13.3. The molecule has 0 saturated carbocycles. The molecule has 4 nitrogen and oxygen atoms in total. The third-order valence-corrected chi connectivity index (χ3v) is 4.41. The van der Waals surface area contributed by atoms with Crippen molar-refractivity contribution in [3.05, 3.63) is 52.5 Å². The SMILES string of the molecule is Cc1nc(-c2cc(C#N)c3ccccc3c2)sc1C(=O)O. The van der Waals surface area contributed by atoms with Crippen molar-refractivity contribution in [2.24, 2.45) is 0 Å². The van der Waals surface area contributed by atoms with Crippen molar-refractivity contribution in [1.29, 1.82) is 5.26 Å². The van der Waals surface area contributed by atoms with Gasteiger partial charge in [-0.25, -0.2) is 9.78 Å². The molecule has 1 N–H and O–H groups in total. The summed E-state index contributed by atoms with van der Waals surface area (Å²) in [4.78, 5) is 15.7. The van der Waals surface area contributed by atoms with E-state index in [1.165, 1.54) is 0 Å². The van der Waals surface area contributed by atoms with Crippen molar-refractivity contribution in [2.75, 3.05) is 0 Å². The van der Waals surface area contributed by atoms with Crippen LogP contribution in [0.3, 0.4) is 0 Å². The number of hydrogen-bond acceptors (Lipinski definition) is 4. The number of carboxylic acids is 1. The van der Waals surface area contributed by atoms with Crippen LogP contribution in [0, 0.1) is 18.3 Å². The molecule has 3 aromatic rings. The lowest BCUT2D eigenvalue weighted by atomic mass is 10.0. The van der Waals surface area contributed by atoms with E-state index in [1.807, 2.05) is 30.3 Å². The van der Waals surface area contributed by atoms with Crippen LogP contribution in [-0.4, -0.2) is 16.1 Å². The summed E-state index contributed by atoms with van der Waals surface area (Å²) in [6.07, 6.45) is 0. The van der Waals surface area contributed by atoms with Crippen LogP contribution in [0.5, 0.6) is 0 Å². The first-order valence-corrected chi connectivity index (χ1v) is 7.06. The Morgan fingerprint density at radius 2 is 2.10 bits per heavy atom. The number of carbonyl (C=O) groups is 1. The lowest BCUT2D eigenvalue weighted by molar-refractivity contribution is 0.0701. The highest BCUT2D eigenvalue weighted by molar-refractivity contribution is 7.17. The molecule has 5 heteroatoms. The van der Waals surface area contributed by atoms with Crippen molar-refractivity contribution in [3.8, 4) is 16.6 Å². The molecule has 0 fully saturated rings. The number of hydrogen-bond donors (Lipinski definition) is 1. The quantitative estimate of drug-likeness (QED) is 0.779. The molecule has 0 radical (unpaired) electrons. The van der Waals surface area contributed by atoms with Crippen molar-refractivity contribution in [2.45, 2.75) is 6.92 Å². The summed E-state index contributed by atoms with van der Waals surface area (Å²) in [5, 5.41) is 20.9. The van der Waals surface area contributed by atoms with Gasteiger partial charge in [-0.1, -0.05) is 24.3 Å². The molecule has 21 heavy (non-hydrogen) atoms. The van der Waals surface area contributed by atoms with E-state index in [4.69, 9.17) is 5.11 Å². The van der Waals surface area contributed by atoms with Crippen LogP contribution >= 0.6 is 11.3 Å². The van der Waals surface area contributed by atoms with Crippen LogP contribution in [-0.2, 0) is 0 Å². The van der Waals surface area contributed by atoms with Gasteiger partial charge in [0.25, 0.3) is 0 Å². The second kappa shape index (κ2) is 5.00. The third kappa shape index (κ3) is 2.26. The fraction of sp³-hybridized carbons (Fsp3) is 0.0625. The highest BCUT2D eigenvalue weighted by atomic mass is 32.1. The molecular formula is C16H10N2O2S. The van der Waals surface area contributed by atoms with Gasteiger partial charge in [-0.05, 0) is 29.8 Å². The Hall–Kier alpha value is -2.71. The van der Waals surface area contributed by atoms with E-state index >= 15 is 0 Å². The molecule has 0 bridgehead atoms. The molecule has 0 aliphatic rings. The van der Waals surface area contributed by atoms with Crippen molar-refractivity contribution < 1.29 is 9.90 Å². The Bertz CT molecular complexity index is 906. The molecule has 0 atom stereocenters. The third-order valence-electron chi connectivity index (χ3n) is 3.22. The Labute approximate surface area is 124 Å². The smallest absolute Gasteiger partial charge is 0.347 e. The monoisotopic (exact) mass is 294 g/mol. The first-order valence-electron chi connectivity index (χ1n) is 6.24. The van der Waals surface area contributed by atoms with Crippen LogP contribution in [0.15, 0.2) is 36.4 Å². The second-order valence-electron chi connectivity index (χ2n) is 4.60. The van der Waals surface area contributed by atoms with Crippen LogP contribution < -0.4 is 0 Å².